The largest absolute Gasteiger partial charge is 0.479 e. The van der Waals surface area contributed by atoms with Crippen LogP contribution in [0.15, 0.2) is 10.6 Å². The van der Waals surface area contributed by atoms with Crippen molar-refractivity contribution < 1.29 is 22.5 Å². The molecule has 0 bridgehead atoms. The average Bonchev–Trinajstić information content (AvgIpc) is 2.86. The number of aromatic nitrogens is 1. The van der Waals surface area contributed by atoms with Gasteiger partial charge in [0.15, 0.2) is 0 Å². The number of carbonyl (C=O) groups excluding carboxylic acids is 1. The summed E-state index contributed by atoms with van der Waals surface area (Å²) in [6.45, 7) is 1.23. The molecule has 0 unspecified atom stereocenters. The predicted octanol–water partition coefficient (Wildman–Crippen LogP) is -0.599. The molecule has 8 nitrogen and oxygen atoms in total. The van der Waals surface area contributed by atoms with E-state index in [2.05, 4.69) is 5.16 Å². The Morgan fingerprint density at radius 3 is 2.47 bits per heavy atom. The summed E-state index contributed by atoms with van der Waals surface area (Å²) in [5.41, 5.74) is 0. The van der Waals surface area contributed by atoms with Crippen molar-refractivity contribution in [2.75, 3.05) is 39.5 Å². The molecule has 9 heteroatoms. The molecule has 2 rings (SSSR count). The predicted molar refractivity (Wildman–Crippen MR) is 65.4 cm³/mol. The first-order valence-electron chi connectivity index (χ1n) is 5.67. The smallest absolute Gasteiger partial charge is 0.292 e. The molecule has 1 aliphatic rings. The third kappa shape index (κ3) is 3.04. The van der Waals surface area contributed by atoms with Gasteiger partial charge in [0.25, 0.3) is 11.8 Å². The Labute approximate surface area is 111 Å². The molecule has 0 N–H and O–H groups in total. The zero-order valence-corrected chi connectivity index (χ0v) is 11.5. The molecule has 1 aromatic heterocycles. The number of sulfonamides is 1. The van der Waals surface area contributed by atoms with E-state index < -0.39 is 10.0 Å². The van der Waals surface area contributed by atoms with E-state index in [0.717, 1.165) is 6.26 Å². The maximum Gasteiger partial charge on any atom is 0.292 e. The molecule has 0 aliphatic carbocycles. The number of rotatable bonds is 3. The maximum absolute atomic E-state index is 12.1. The zero-order chi connectivity index (χ0) is 14.0. The van der Waals surface area contributed by atoms with Crippen molar-refractivity contribution in [3.8, 4) is 5.88 Å². The van der Waals surface area contributed by atoms with E-state index in [0.29, 0.717) is 13.1 Å². The number of amides is 1. The van der Waals surface area contributed by atoms with Gasteiger partial charge in [-0.25, -0.2) is 8.42 Å². The highest BCUT2D eigenvalue weighted by atomic mass is 32.2. The van der Waals surface area contributed by atoms with Crippen LogP contribution in [-0.4, -0.2) is 68.2 Å². The van der Waals surface area contributed by atoms with Crippen LogP contribution < -0.4 is 4.74 Å². The fourth-order valence-corrected chi connectivity index (χ4v) is 2.66. The normalized spacial score (nSPS) is 17.5. The minimum absolute atomic E-state index is 0.0876. The highest BCUT2D eigenvalue weighted by molar-refractivity contribution is 7.88. The summed E-state index contributed by atoms with van der Waals surface area (Å²) in [5.74, 6) is 0.00623. The minimum Gasteiger partial charge on any atom is -0.479 e. The van der Waals surface area contributed by atoms with Crippen LogP contribution in [0.25, 0.3) is 0 Å². The van der Waals surface area contributed by atoms with E-state index in [1.165, 1.54) is 22.4 Å². The lowest BCUT2D eigenvalue weighted by atomic mass is 10.3. The minimum atomic E-state index is -3.20. The second-order valence-electron chi connectivity index (χ2n) is 4.19. The third-order valence-electron chi connectivity index (χ3n) is 2.90. The lowest BCUT2D eigenvalue weighted by Crippen LogP contribution is -2.50. The van der Waals surface area contributed by atoms with Crippen molar-refractivity contribution in [3.63, 3.8) is 0 Å². The molecule has 1 aliphatic heterocycles. The maximum atomic E-state index is 12.1. The topological polar surface area (TPSA) is 93.0 Å². The highest BCUT2D eigenvalue weighted by Crippen LogP contribution is 2.15. The van der Waals surface area contributed by atoms with E-state index in [4.69, 9.17) is 9.26 Å². The molecule has 1 amide bonds. The molecule has 19 heavy (non-hydrogen) atoms. The lowest BCUT2D eigenvalue weighted by molar-refractivity contribution is 0.0656. The van der Waals surface area contributed by atoms with Gasteiger partial charge in [0.05, 0.1) is 19.4 Å². The number of nitrogens with zero attached hydrogens (tertiary/aromatic N) is 3. The van der Waals surface area contributed by atoms with E-state index in [1.54, 1.807) is 0 Å². The summed E-state index contributed by atoms with van der Waals surface area (Å²) in [4.78, 5) is 13.6. The summed E-state index contributed by atoms with van der Waals surface area (Å²) in [6.07, 6.45) is 1.16. The van der Waals surface area contributed by atoms with Crippen molar-refractivity contribution in [1.82, 2.24) is 14.4 Å². The second-order valence-corrected chi connectivity index (χ2v) is 6.17. The van der Waals surface area contributed by atoms with Crippen LogP contribution in [0.3, 0.4) is 0 Å². The Morgan fingerprint density at radius 1 is 1.37 bits per heavy atom. The molecular weight excluding hydrogens is 274 g/mol. The molecule has 0 atom stereocenters. The fraction of sp³-hybridized carbons (Fsp3) is 0.600. The highest BCUT2D eigenvalue weighted by Gasteiger charge is 2.28. The van der Waals surface area contributed by atoms with Gasteiger partial charge in [0.1, 0.15) is 0 Å². The number of piperazine rings is 1. The van der Waals surface area contributed by atoms with E-state index >= 15 is 0 Å². The lowest BCUT2D eigenvalue weighted by Gasteiger charge is -2.32. The fourth-order valence-electron chi connectivity index (χ4n) is 1.83. The van der Waals surface area contributed by atoms with Gasteiger partial charge < -0.3 is 14.2 Å². The SMILES string of the molecule is COc1cc(C(=O)N2CCN(S(C)(=O)=O)CC2)on1. The molecule has 106 valence electrons. The van der Waals surface area contributed by atoms with Gasteiger partial charge in [-0.15, -0.1) is 0 Å². The molecule has 0 radical (unpaired) electrons. The van der Waals surface area contributed by atoms with Crippen molar-refractivity contribution >= 4 is 15.9 Å². The van der Waals surface area contributed by atoms with Gasteiger partial charge in [-0.1, -0.05) is 0 Å². The Morgan fingerprint density at radius 2 is 2.00 bits per heavy atom. The van der Waals surface area contributed by atoms with Crippen molar-refractivity contribution in [1.29, 1.82) is 0 Å². The first kappa shape index (κ1) is 13.8. The van der Waals surface area contributed by atoms with Crippen LogP contribution in [0.1, 0.15) is 10.6 Å². The molecule has 0 saturated carbocycles. The van der Waals surface area contributed by atoms with Crippen LogP contribution in [0.5, 0.6) is 5.88 Å². The van der Waals surface area contributed by atoms with Crippen LogP contribution in [-0.2, 0) is 10.0 Å². The molecule has 1 aromatic rings. The van der Waals surface area contributed by atoms with Crippen LogP contribution >= 0.6 is 0 Å². The Hall–Kier alpha value is -1.61. The quantitative estimate of drug-likeness (QED) is 0.737. The molecule has 1 saturated heterocycles. The van der Waals surface area contributed by atoms with Gasteiger partial charge in [-0.2, -0.15) is 4.31 Å². The Balaban J connectivity index is 1.99. The summed E-state index contributed by atoms with van der Waals surface area (Å²) in [7, 11) is -1.77. The van der Waals surface area contributed by atoms with Crippen molar-refractivity contribution in [2.45, 2.75) is 0 Å². The van der Waals surface area contributed by atoms with E-state index in [-0.39, 0.29) is 30.6 Å². The van der Waals surface area contributed by atoms with Gasteiger partial charge in [-0.3, -0.25) is 4.79 Å². The molecule has 2 heterocycles. The van der Waals surface area contributed by atoms with E-state index in [9.17, 15) is 13.2 Å². The van der Waals surface area contributed by atoms with Crippen LogP contribution in [0, 0.1) is 0 Å². The van der Waals surface area contributed by atoms with Gasteiger partial charge in [0.2, 0.25) is 15.8 Å². The van der Waals surface area contributed by atoms with Crippen molar-refractivity contribution in [2.24, 2.45) is 0 Å². The molecule has 0 spiro atoms. The first-order valence-corrected chi connectivity index (χ1v) is 7.52. The van der Waals surface area contributed by atoms with Gasteiger partial charge in [0, 0.05) is 26.2 Å². The summed E-state index contributed by atoms with van der Waals surface area (Å²) in [6, 6.07) is 1.41. The van der Waals surface area contributed by atoms with Crippen LogP contribution in [0.2, 0.25) is 0 Å². The number of hydrogen-bond donors (Lipinski definition) is 0. The third-order valence-corrected chi connectivity index (χ3v) is 4.21. The average molecular weight is 289 g/mol. The number of ether oxygens (including phenoxy) is 1. The van der Waals surface area contributed by atoms with Gasteiger partial charge in [-0.05, 0) is 5.16 Å². The van der Waals surface area contributed by atoms with Crippen molar-refractivity contribution in [3.05, 3.63) is 11.8 Å². The number of carbonyl (C=O) groups is 1. The summed E-state index contributed by atoms with van der Waals surface area (Å²) in [5, 5.41) is 3.55. The Kier molecular flexibility index (Phi) is 3.76. The second kappa shape index (κ2) is 5.17. The summed E-state index contributed by atoms with van der Waals surface area (Å²) >= 11 is 0. The van der Waals surface area contributed by atoms with Crippen LogP contribution in [0.4, 0.5) is 0 Å². The van der Waals surface area contributed by atoms with E-state index in [1.807, 2.05) is 0 Å². The zero-order valence-electron chi connectivity index (χ0n) is 10.7. The Bertz CT molecular complexity index is 559. The number of methoxy groups -OCH3 is 1. The molecule has 1 fully saturated rings. The number of hydrogen-bond acceptors (Lipinski definition) is 6. The molecular formula is C10H15N3O5S. The van der Waals surface area contributed by atoms with Gasteiger partial charge >= 0.3 is 0 Å². The molecule has 0 aromatic carbocycles. The first-order chi connectivity index (χ1) is 8.91. The summed E-state index contributed by atoms with van der Waals surface area (Å²) < 4.78 is 33.7. The standard InChI is InChI=1S/C10H15N3O5S/c1-17-9-7-8(18-11-9)10(14)12-3-5-13(6-4-12)19(2,15)16/h7H,3-6H2,1-2H3. The monoisotopic (exact) mass is 289 g/mol.